The van der Waals surface area contributed by atoms with Gasteiger partial charge in [0.05, 0.1) is 0 Å². The highest BCUT2D eigenvalue weighted by Gasteiger charge is 2.38. The average Bonchev–Trinajstić information content (AvgIpc) is 2.44. The molecular formula is C16H10ClF3O. The van der Waals surface area contributed by atoms with E-state index in [1.807, 2.05) is 0 Å². The van der Waals surface area contributed by atoms with E-state index in [0.29, 0.717) is 5.02 Å². The van der Waals surface area contributed by atoms with Crippen LogP contribution in [0.4, 0.5) is 13.2 Å². The molecule has 1 nitrogen and oxygen atoms in total. The third kappa shape index (κ3) is 3.95. The summed E-state index contributed by atoms with van der Waals surface area (Å²) in [6.45, 7) is 0. The van der Waals surface area contributed by atoms with Gasteiger partial charge in [-0.05, 0) is 23.8 Å². The van der Waals surface area contributed by atoms with Crippen molar-refractivity contribution in [1.29, 1.82) is 0 Å². The summed E-state index contributed by atoms with van der Waals surface area (Å²) in [4.78, 5) is 12.1. The number of allylic oxidation sites excluding steroid dienone is 1. The minimum atomic E-state index is -4.74. The molecule has 2 aromatic rings. The van der Waals surface area contributed by atoms with Gasteiger partial charge in [0.1, 0.15) is 5.57 Å². The number of benzene rings is 2. The first-order valence-corrected chi connectivity index (χ1v) is 6.40. The maximum absolute atomic E-state index is 13.1. The Kier molecular flexibility index (Phi) is 4.48. The molecular weight excluding hydrogens is 301 g/mol. The maximum Gasteiger partial charge on any atom is 0.420 e. The van der Waals surface area contributed by atoms with E-state index in [0.717, 1.165) is 6.08 Å². The number of carbonyl (C=O) groups excluding carboxylic acids is 1. The molecule has 0 saturated carbocycles. The highest BCUT2D eigenvalue weighted by Crippen LogP contribution is 2.30. The number of Topliss-reactive ketones (excluding diaryl/α,β-unsaturated/α-hetero) is 1. The molecule has 0 amide bonds. The molecule has 2 rings (SSSR count). The van der Waals surface area contributed by atoms with Gasteiger partial charge in [0.15, 0.2) is 5.78 Å². The first kappa shape index (κ1) is 15.3. The number of alkyl halides is 3. The predicted molar refractivity (Wildman–Crippen MR) is 76.3 cm³/mol. The van der Waals surface area contributed by atoms with Crippen molar-refractivity contribution in [2.75, 3.05) is 0 Å². The number of halogens is 4. The third-order valence-electron chi connectivity index (χ3n) is 2.75. The van der Waals surface area contributed by atoms with Gasteiger partial charge in [-0.2, -0.15) is 13.2 Å². The smallest absolute Gasteiger partial charge is 0.289 e. The monoisotopic (exact) mass is 310 g/mol. The zero-order chi connectivity index (χ0) is 15.5. The third-order valence-corrected chi connectivity index (χ3v) is 2.98. The molecule has 108 valence electrons. The Hall–Kier alpha value is -2.07. The van der Waals surface area contributed by atoms with Gasteiger partial charge in [-0.1, -0.05) is 54.1 Å². The molecule has 0 aliphatic carbocycles. The van der Waals surface area contributed by atoms with Crippen molar-refractivity contribution in [3.8, 4) is 0 Å². The van der Waals surface area contributed by atoms with E-state index < -0.39 is 17.5 Å². The molecule has 0 spiro atoms. The lowest BCUT2D eigenvalue weighted by Crippen LogP contribution is -2.20. The second kappa shape index (κ2) is 6.14. The standard InChI is InChI=1S/C16H10ClF3O/c17-13-8-4-5-11(9-13)10-14(16(18,19)20)15(21)12-6-2-1-3-7-12/h1-10H/b14-10+. The average molecular weight is 311 g/mol. The van der Waals surface area contributed by atoms with Crippen molar-refractivity contribution in [3.05, 3.63) is 76.3 Å². The lowest BCUT2D eigenvalue weighted by atomic mass is 10.0. The molecule has 0 saturated heterocycles. The van der Waals surface area contributed by atoms with Gasteiger partial charge >= 0.3 is 6.18 Å². The van der Waals surface area contributed by atoms with Crippen LogP contribution in [0, 0.1) is 0 Å². The Labute approximate surface area is 124 Å². The molecule has 21 heavy (non-hydrogen) atoms. The molecule has 0 N–H and O–H groups in total. The van der Waals surface area contributed by atoms with Gasteiger partial charge in [0, 0.05) is 10.6 Å². The summed E-state index contributed by atoms with van der Waals surface area (Å²) in [5.41, 5.74) is -1.02. The number of ketones is 1. The predicted octanol–water partition coefficient (Wildman–Crippen LogP) is 5.17. The number of rotatable bonds is 3. The molecule has 5 heteroatoms. The fraction of sp³-hybridized carbons (Fsp3) is 0.0625. The fourth-order valence-electron chi connectivity index (χ4n) is 1.78. The van der Waals surface area contributed by atoms with Crippen LogP contribution in [0.25, 0.3) is 6.08 Å². The minimum Gasteiger partial charge on any atom is -0.289 e. The Morgan fingerprint density at radius 2 is 1.67 bits per heavy atom. The summed E-state index contributed by atoms with van der Waals surface area (Å²) in [5.74, 6) is -1.07. The van der Waals surface area contributed by atoms with Gasteiger partial charge in [-0.25, -0.2) is 0 Å². The Morgan fingerprint density at radius 3 is 2.24 bits per heavy atom. The molecule has 0 bridgehead atoms. The summed E-state index contributed by atoms with van der Waals surface area (Å²) in [6.07, 6.45) is -3.93. The topological polar surface area (TPSA) is 17.1 Å². The van der Waals surface area contributed by atoms with Crippen LogP contribution in [-0.2, 0) is 0 Å². The van der Waals surface area contributed by atoms with Crippen LogP contribution >= 0.6 is 11.6 Å². The second-order valence-electron chi connectivity index (χ2n) is 4.31. The lowest BCUT2D eigenvalue weighted by Gasteiger charge is -2.11. The molecule has 0 radical (unpaired) electrons. The fourth-order valence-corrected chi connectivity index (χ4v) is 1.98. The van der Waals surface area contributed by atoms with Crippen molar-refractivity contribution >= 4 is 23.5 Å². The molecule has 0 aliphatic rings. The van der Waals surface area contributed by atoms with Gasteiger partial charge < -0.3 is 0 Å². The summed E-state index contributed by atoms with van der Waals surface area (Å²) >= 11 is 5.74. The summed E-state index contributed by atoms with van der Waals surface area (Å²) in [5, 5.41) is 0.303. The van der Waals surface area contributed by atoms with Gasteiger partial charge in [0.2, 0.25) is 0 Å². The van der Waals surface area contributed by atoms with Gasteiger partial charge in [-0.15, -0.1) is 0 Å². The molecule has 0 aromatic heterocycles. The first-order valence-electron chi connectivity index (χ1n) is 6.02. The summed E-state index contributed by atoms with van der Waals surface area (Å²) < 4.78 is 39.4. The maximum atomic E-state index is 13.1. The quantitative estimate of drug-likeness (QED) is 0.564. The molecule has 0 aliphatic heterocycles. The Morgan fingerprint density at radius 1 is 1.00 bits per heavy atom. The highest BCUT2D eigenvalue weighted by atomic mass is 35.5. The van der Waals surface area contributed by atoms with E-state index in [1.54, 1.807) is 12.1 Å². The van der Waals surface area contributed by atoms with E-state index in [4.69, 9.17) is 11.6 Å². The van der Waals surface area contributed by atoms with Crippen LogP contribution in [0.3, 0.4) is 0 Å². The molecule has 2 aromatic carbocycles. The number of hydrogen-bond donors (Lipinski definition) is 0. The molecule has 0 unspecified atom stereocenters. The summed E-state index contributed by atoms with van der Waals surface area (Å²) in [7, 11) is 0. The van der Waals surface area contributed by atoms with E-state index in [1.165, 1.54) is 42.5 Å². The highest BCUT2D eigenvalue weighted by molar-refractivity contribution is 6.30. The van der Waals surface area contributed by atoms with E-state index >= 15 is 0 Å². The zero-order valence-corrected chi connectivity index (χ0v) is 11.4. The van der Waals surface area contributed by atoms with Gasteiger partial charge in [0.25, 0.3) is 0 Å². The first-order chi connectivity index (χ1) is 9.88. The number of hydrogen-bond acceptors (Lipinski definition) is 1. The zero-order valence-electron chi connectivity index (χ0n) is 10.7. The molecule has 0 atom stereocenters. The van der Waals surface area contributed by atoms with Gasteiger partial charge in [-0.3, -0.25) is 4.79 Å². The van der Waals surface area contributed by atoms with E-state index in [9.17, 15) is 18.0 Å². The van der Waals surface area contributed by atoms with Crippen molar-refractivity contribution in [2.45, 2.75) is 6.18 Å². The molecule has 0 fully saturated rings. The van der Waals surface area contributed by atoms with Crippen molar-refractivity contribution in [2.24, 2.45) is 0 Å². The van der Waals surface area contributed by atoms with Crippen molar-refractivity contribution in [1.82, 2.24) is 0 Å². The normalized spacial score (nSPS) is 12.3. The molecule has 0 heterocycles. The van der Waals surface area contributed by atoms with E-state index in [2.05, 4.69) is 0 Å². The second-order valence-corrected chi connectivity index (χ2v) is 4.74. The van der Waals surface area contributed by atoms with Crippen LogP contribution < -0.4 is 0 Å². The largest absolute Gasteiger partial charge is 0.420 e. The van der Waals surface area contributed by atoms with Crippen LogP contribution in [0.5, 0.6) is 0 Å². The van der Waals surface area contributed by atoms with Crippen LogP contribution in [0.2, 0.25) is 5.02 Å². The van der Waals surface area contributed by atoms with Crippen LogP contribution in [0.15, 0.2) is 60.2 Å². The van der Waals surface area contributed by atoms with Crippen molar-refractivity contribution in [3.63, 3.8) is 0 Å². The summed E-state index contributed by atoms with van der Waals surface area (Å²) in [6, 6.07) is 13.2. The Bertz CT molecular complexity index is 675. The Balaban J connectivity index is 2.47. The van der Waals surface area contributed by atoms with E-state index in [-0.39, 0.29) is 11.1 Å². The number of carbonyl (C=O) groups is 1. The van der Waals surface area contributed by atoms with Crippen molar-refractivity contribution < 1.29 is 18.0 Å². The van der Waals surface area contributed by atoms with Crippen LogP contribution in [-0.4, -0.2) is 12.0 Å². The SMILES string of the molecule is O=C(/C(=C\c1cccc(Cl)c1)C(F)(F)F)c1ccccc1. The van der Waals surface area contributed by atoms with Crippen LogP contribution in [0.1, 0.15) is 15.9 Å². The minimum absolute atomic E-state index is 0.0110. The lowest BCUT2D eigenvalue weighted by molar-refractivity contribution is -0.0878.